The summed E-state index contributed by atoms with van der Waals surface area (Å²) in [5.41, 5.74) is -1.26. The molecule has 7 heteroatoms. The number of pyridine rings is 1. The third-order valence-electron chi connectivity index (χ3n) is 2.80. The lowest BCUT2D eigenvalue weighted by Crippen LogP contribution is -2.13. The number of benzene rings is 1. The summed E-state index contributed by atoms with van der Waals surface area (Å²) in [4.78, 5) is 15.3. The van der Waals surface area contributed by atoms with E-state index >= 15 is 0 Å². The summed E-state index contributed by atoms with van der Waals surface area (Å²) in [5, 5.41) is 0. The minimum atomic E-state index is -4.65. The minimum Gasteiger partial charge on any atom is -0.462 e. The summed E-state index contributed by atoms with van der Waals surface area (Å²) in [6.45, 7) is 1.65. The first kappa shape index (κ1) is 15.9. The second-order valence-electron chi connectivity index (χ2n) is 4.32. The van der Waals surface area contributed by atoms with E-state index in [1.54, 1.807) is 6.92 Å². The summed E-state index contributed by atoms with van der Waals surface area (Å²) in [6.07, 6.45) is -4.65. The fraction of sp³-hybridized carbons (Fsp3) is 0.200. The van der Waals surface area contributed by atoms with E-state index < -0.39 is 23.7 Å². The standard InChI is InChI=1S/C15H11F4NO2/c1-2-22-14(21)11-7-8-12(15(17,18)19)20-13(11)9-3-5-10(16)6-4-9/h3-8H,2H2,1H3. The number of hydrogen-bond acceptors (Lipinski definition) is 3. The van der Waals surface area contributed by atoms with Crippen molar-refractivity contribution in [3.63, 3.8) is 0 Å². The quantitative estimate of drug-likeness (QED) is 0.633. The Kier molecular flexibility index (Phi) is 4.44. The van der Waals surface area contributed by atoms with Crippen molar-refractivity contribution in [3.8, 4) is 11.3 Å². The van der Waals surface area contributed by atoms with Gasteiger partial charge in [-0.05, 0) is 43.3 Å². The molecule has 1 aromatic heterocycles. The van der Waals surface area contributed by atoms with Crippen molar-refractivity contribution >= 4 is 5.97 Å². The van der Waals surface area contributed by atoms with Crippen molar-refractivity contribution in [2.45, 2.75) is 13.1 Å². The summed E-state index contributed by atoms with van der Waals surface area (Å²) in [6, 6.07) is 6.37. The molecule has 0 unspecified atom stereocenters. The van der Waals surface area contributed by atoms with E-state index in [-0.39, 0.29) is 23.4 Å². The number of rotatable bonds is 3. The predicted octanol–water partition coefficient (Wildman–Crippen LogP) is 4.08. The largest absolute Gasteiger partial charge is 0.462 e. The molecule has 22 heavy (non-hydrogen) atoms. The van der Waals surface area contributed by atoms with Crippen LogP contribution in [0.1, 0.15) is 23.0 Å². The SMILES string of the molecule is CCOC(=O)c1ccc(C(F)(F)F)nc1-c1ccc(F)cc1. The lowest BCUT2D eigenvalue weighted by molar-refractivity contribution is -0.141. The average Bonchev–Trinajstić information content (AvgIpc) is 2.47. The monoisotopic (exact) mass is 313 g/mol. The van der Waals surface area contributed by atoms with E-state index in [1.807, 2.05) is 0 Å². The zero-order valence-corrected chi connectivity index (χ0v) is 11.4. The first-order valence-corrected chi connectivity index (χ1v) is 6.34. The molecule has 0 radical (unpaired) electrons. The van der Waals surface area contributed by atoms with E-state index in [2.05, 4.69) is 4.98 Å². The van der Waals surface area contributed by atoms with Crippen molar-refractivity contribution in [1.82, 2.24) is 4.98 Å². The average molecular weight is 313 g/mol. The Balaban J connectivity index is 2.59. The van der Waals surface area contributed by atoms with Crippen molar-refractivity contribution in [2.75, 3.05) is 6.61 Å². The number of ether oxygens (including phenoxy) is 1. The van der Waals surface area contributed by atoms with Crippen LogP contribution in [0.4, 0.5) is 17.6 Å². The van der Waals surface area contributed by atoms with Crippen LogP contribution in [0, 0.1) is 5.82 Å². The van der Waals surface area contributed by atoms with Gasteiger partial charge in [-0.2, -0.15) is 13.2 Å². The zero-order valence-electron chi connectivity index (χ0n) is 11.4. The van der Waals surface area contributed by atoms with Crippen LogP contribution in [0.25, 0.3) is 11.3 Å². The van der Waals surface area contributed by atoms with Crippen LogP contribution in [-0.4, -0.2) is 17.6 Å². The highest BCUT2D eigenvalue weighted by Gasteiger charge is 2.33. The number of alkyl halides is 3. The number of esters is 1. The molecular weight excluding hydrogens is 302 g/mol. The third-order valence-corrected chi connectivity index (χ3v) is 2.80. The van der Waals surface area contributed by atoms with E-state index in [0.717, 1.165) is 18.2 Å². The maximum absolute atomic E-state index is 13.0. The lowest BCUT2D eigenvalue weighted by atomic mass is 10.0. The first-order chi connectivity index (χ1) is 10.3. The Hall–Kier alpha value is -2.44. The fourth-order valence-corrected chi connectivity index (χ4v) is 1.82. The van der Waals surface area contributed by atoms with Gasteiger partial charge in [-0.15, -0.1) is 0 Å². The smallest absolute Gasteiger partial charge is 0.433 e. The molecule has 1 heterocycles. The number of carbonyl (C=O) groups excluding carboxylic acids is 1. The maximum Gasteiger partial charge on any atom is 0.433 e. The van der Waals surface area contributed by atoms with Gasteiger partial charge in [-0.1, -0.05) is 0 Å². The summed E-state index contributed by atoms with van der Waals surface area (Å²) in [5.74, 6) is -1.34. The van der Waals surface area contributed by atoms with Crippen LogP contribution < -0.4 is 0 Å². The van der Waals surface area contributed by atoms with Gasteiger partial charge >= 0.3 is 12.1 Å². The second-order valence-corrected chi connectivity index (χ2v) is 4.32. The van der Waals surface area contributed by atoms with Gasteiger partial charge in [0.1, 0.15) is 11.5 Å². The van der Waals surface area contributed by atoms with Crippen LogP contribution in [0.3, 0.4) is 0 Å². The van der Waals surface area contributed by atoms with Crippen LogP contribution in [0.2, 0.25) is 0 Å². The molecule has 1 aromatic carbocycles. The van der Waals surface area contributed by atoms with Crippen LogP contribution in [0.5, 0.6) is 0 Å². The van der Waals surface area contributed by atoms with Gasteiger partial charge in [0.25, 0.3) is 0 Å². The molecule has 0 atom stereocenters. The second kappa shape index (κ2) is 6.13. The Morgan fingerprint density at radius 1 is 1.14 bits per heavy atom. The fourth-order valence-electron chi connectivity index (χ4n) is 1.82. The Bertz CT molecular complexity index is 681. The molecule has 2 rings (SSSR count). The Labute approximate surface area is 123 Å². The van der Waals surface area contributed by atoms with Gasteiger partial charge in [0.05, 0.1) is 17.9 Å². The van der Waals surface area contributed by atoms with Crippen LogP contribution in [-0.2, 0) is 10.9 Å². The maximum atomic E-state index is 13.0. The highest BCUT2D eigenvalue weighted by molar-refractivity contribution is 5.96. The Morgan fingerprint density at radius 2 is 1.77 bits per heavy atom. The topological polar surface area (TPSA) is 39.2 Å². The molecule has 116 valence electrons. The van der Waals surface area contributed by atoms with E-state index in [1.165, 1.54) is 12.1 Å². The van der Waals surface area contributed by atoms with Gasteiger partial charge in [0.2, 0.25) is 0 Å². The van der Waals surface area contributed by atoms with Gasteiger partial charge in [-0.3, -0.25) is 0 Å². The van der Waals surface area contributed by atoms with E-state index in [0.29, 0.717) is 6.07 Å². The molecule has 0 spiro atoms. The highest BCUT2D eigenvalue weighted by atomic mass is 19.4. The highest BCUT2D eigenvalue weighted by Crippen LogP contribution is 2.31. The van der Waals surface area contributed by atoms with E-state index in [4.69, 9.17) is 4.74 Å². The third kappa shape index (κ3) is 3.41. The molecule has 0 aliphatic rings. The predicted molar refractivity (Wildman–Crippen MR) is 70.6 cm³/mol. The molecule has 0 amide bonds. The minimum absolute atomic E-state index is 0.0721. The molecule has 0 bridgehead atoms. The molecule has 2 aromatic rings. The van der Waals surface area contributed by atoms with Crippen molar-refractivity contribution in [1.29, 1.82) is 0 Å². The number of nitrogens with zero attached hydrogens (tertiary/aromatic N) is 1. The zero-order chi connectivity index (χ0) is 16.3. The summed E-state index contributed by atoms with van der Waals surface area (Å²) < 4.78 is 56.1. The van der Waals surface area contributed by atoms with Crippen molar-refractivity contribution in [3.05, 3.63) is 53.5 Å². The summed E-state index contributed by atoms with van der Waals surface area (Å²) in [7, 11) is 0. The number of aromatic nitrogens is 1. The van der Waals surface area contributed by atoms with Gasteiger partial charge in [0, 0.05) is 5.56 Å². The van der Waals surface area contributed by atoms with Gasteiger partial charge in [-0.25, -0.2) is 14.2 Å². The van der Waals surface area contributed by atoms with Crippen molar-refractivity contribution < 1.29 is 27.1 Å². The number of carbonyl (C=O) groups is 1. The normalized spacial score (nSPS) is 11.3. The molecule has 0 fully saturated rings. The molecule has 0 aliphatic heterocycles. The van der Waals surface area contributed by atoms with Gasteiger partial charge < -0.3 is 4.74 Å². The lowest BCUT2D eigenvalue weighted by Gasteiger charge is -2.12. The van der Waals surface area contributed by atoms with E-state index in [9.17, 15) is 22.4 Å². The molecule has 0 saturated heterocycles. The first-order valence-electron chi connectivity index (χ1n) is 6.34. The molecule has 3 nitrogen and oxygen atoms in total. The molecule has 0 aliphatic carbocycles. The van der Waals surface area contributed by atoms with Crippen LogP contribution >= 0.6 is 0 Å². The molecular formula is C15H11F4NO2. The summed E-state index contributed by atoms with van der Waals surface area (Å²) >= 11 is 0. The number of hydrogen-bond donors (Lipinski definition) is 0. The number of halogens is 4. The van der Waals surface area contributed by atoms with Crippen LogP contribution in [0.15, 0.2) is 36.4 Å². The Morgan fingerprint density at radius 3 is 2.32 bits per heavy atom. The molecule has 0 N–H and O–H groups in total. The molecule has 0 saturated carbocycles. The van der Waals surface area contributed by atoms with Crippen molar-refractivity contribution in [2.24, 2.45) is 0 Å². The van der Waals surface area contributed by atoms with Gasteiger partial charge in [0.15, 0.2) is 0 Å².